The van der Waals surface area contributed by atoms with Gasteiger partial charge in [0, 0.05) is 24.0 Å². The van der Waals surface area contributed by atoms with E-state index in [9.17, 15) is 9.59 Å². The number of carbonyl (C=O) groups is 2. The number of hydrogen-bond acceptors (Lipinski definition) is 6. The molecular formula is C20H21N7O2. The van der Waals surface area contributed by atoms with Crippen molar-refractivity contribution in [3.05, 3.63) is 54.4 Å². The normalized spacial score (nSPS) is 13.9. The van der Waals surface area contributed by atoms with Gasteiger partial charge in [-0.15, -0.1) is 10.2 Å². The van der Waals surface area contributed by atoms with Gasteiger partial charge in [0.1, 0.15) is 6.54 Å². The van der Waals surface area contributed by atoms with Crippen molar-refractivity contribution in [3.8, 4) is 11.4 Å². The van der Waals surface area contributed by atoms with Gasteiger partial charge in [-0.1, -0.05) is 25.0 Å². The van der Waals surface area contributed by atoms with E-state index < -0.39 is 0 Å². The van der Waals surface area contributed by atoms with Crippen LogP contribution in [0.25, 0.3) is 11.4 Å². The number of nitrogens with one attached hydrogen (secondary N) is 2. The van der Waals surface area contributed by atoms with Gasteiger partial charge in [-0.05, 0) is 42.3 Å². The molecule has 0 atom stereocenters. The lowest BCUT2D eigenvalue weighted by Crippen LogP contribution is -2.35. The predicted molar refractivity (Wildman–Crippen MR) is 106 cm³/mol. The van der Waals surface area contributed by atoms with Crippen molar-refractivity contribution in [2.24, 2.45) is 0 Å². The van der Waals surface area contributed by atoms with Crippen LogP contribution in [0, 0.1) is 0 Å². The monoisotopic (exact) mass is 391 g/mol. The molecule has 1 aliphatic carbocycles. The third-order valence-electron chi connectivity index (χ3n) is 4.80. The second-order valence-corrected chi connectivity index (χ2v) is 6.93. The lowest BCUT2D eigenvalue weighted by Gasteiger charge is -2.10. The number of amides is 2. The molecule has 2 aromatic heterocycles. The Morgan fingerprint density at radius 3 is 2.72 bits per heavy atom. The van der Waals surface area contributed by atoms with E-state index in [2.05, 4.69) is 31.0 Å². The first-order valence-corrected chi connectivity index (χ1v) is 9.57. The van der Waals surface area contributed by atoms with Crippen molar-refractivity contribution in [2.75, 3.05) is 5.32 Å². The highest BCUT2D eigenvalue weighted by atomic mass is 16.2. The molecule has 2 heterocycles. The quantitative estimate of drug-likeness (QED) is 0.665. The Kier molecular flexibility index (Phi) is 5.55. The fourth-order valence-electron chi connectivity index (χ4n) is 3.37. The summed E-state index contributed by atoms with van der Waals surface area (Å²) in [6.45, 7) is 0.00765. The lowest BCUT2D eigenvalue weighted by molar-refractivity contribution is -0.122. The van der Waals surface area contributed by atoms with Crippen molar-refractivity contribution < 1.29 is 9.59 Å². The SMILES string of the molecule is O=C(Cn1nnc(-c2ccccc2NC(=O)c2cccnc2)n1)NC1CCCC1. The first-order chi connectivity index (χ1) is 14.2. The van der Waals surface area contributed by atoms with Crippen molar-refractivity contribution >= 4 is 17.5 Å². The Morgan fingerprint density at radius 1 is 1.10 bits per heavy atom. The molecule has 0 aliphatic heterocycles. The zero-order valence-corrected chi connectivity index (χ0v) is 15.8. The molecule has 3 aromatic rings. The van der Waals surface area contributed by atoms with Crippen LogP contribution in [-0.4, -0.2) is 43.0 Å². The van der Waals surface area contributed by atoms with Crippen LogP contribution in [0.2, 0.25) is 0 Å². The molecule has 1 aliphatic rings. The summed E-state index contributed by atoms with van der Waals surface area (Å²) in [6, 6.07) is 10.8. The average Bonchev–Trinajstić information content (AvgIpc) is 3.41. The van der Waals surface area contributed by atoms with Gasteiger partial charge < -0.3 is 10.6 Å². The van der Waals surface area contributed by atoms with E-state index >= 15 is 0 Å². The van der Waals surface area contributed by atoms with Crippen LogP contribution in [0.1, 0.15) is 36.0 Å². The molecule has 1 saturated carbocycles. The second kappa shape index (κ2) is 8.59. The minimum atomic E-state index is -0.283. The number of pyridine rings is 1. The summed E-state index contributed by atoms with van der Waals surface area (Å²) in [4.78, 5) is 29.9. The highest BCUT2D eigenvalue weighted by Crippen LogP contribution is 2.24. The molecular weight excluding hydrogens is 370 g/mol. The zero-order chi connectivity index (χ0) is 20.1. The summed E-state index contributed by atoms with van der Waals surface area (Å²) in [5.41, 5.74) is 1.62. The van der Waals surface area contributed by atoms with Gasteiger partial charge in [0.05, 0.1) is 11.3 Å². The average molecular weight is 391 g/mol. The lowest BCUT2D eigenvalue weighted by atomic mass is 10.1. The molecule has 29 heavy (non-hydrogen) atoms. The number of anilines is 1. The fourth-order valence-corrected chi connectivity index (χ4v) is 3.37. The van der Waals surface area contributed by atoms with E-state index in [1.807, 2.05) is 12.1 Å². The van der Waals surface area contributed by atoms with Crippen LogP contribution in [0.5, 0.6) is 0 Å². The van der Waals surface area contributed by atoms with E-state index in [1.165, 1.54) is 11.0 Å². The summed E-state index contributed by atoms with van der Waals surface area (Å²) in [5.74, 6) is -0.0753. The smallest absolute Gasteiger partial charge is 0.257 e. The molecule has 0 unspecified atom stereocenters. The van der Waals surface area contributed by atoms with E-state index in [0.717, 1.165) is 25.7 Å². The van der Waals surface area contributed by atoms with Crippen LogP contribution >= 0.6 is 0 Å². The van der Waals surface area contributed by atoms with E-state index in [0.29, 0.717) is 22.6 Å². The highest BCUT2D eigenvalue weighted by molar-refractivity contribution is 6.05. The van der Waals surface area contributed by atoms with Crippen molar-refractivity contribution in [1.82, 2.24) is 30.5 Å². The van der Waals surface area contributed by atoms with Gasteiger partial charge >= 0.3 is 0 Å². The zero-order valence-electron chi connectivity index (χ0n) is 15.8. The second-order valence-electron chi connectivity index (χ2n) is 6.93. The van der Waals surface area contributed by atoms with Crippen LogP contribution < -0.4 is 10.6 Å². The van der Waals surface area contributed by atoms with Crippen molar-refractivity contribution in [1.29, 1.82) is 0 Å². The molecule has 0 spiro atoms. The number of hydrogen-bond donors (Lipinski definition) is 2. The molecule has 2 N–H and O–H groups in total. The number of para-hydroxylation sites is 1. The van der Waals surface area contributed by atoms with Gasteiger partial charge in [0.25, 0.3) is 5.91 Å². The number of rotatable bonds is 6. The number of carbonyl (C=O) groups excluding carboxylic acids is 2. The number of nitrogens with zero attached hydrogens (tertiary/aromatic N) is 5. The maximum atomic E-state index is 12.4. The van der Waals surface area contributed by atoms with Crippen molar-refractivity contribution in [2.45, 2.75) is 38.3 Å². The number of benzene rings is 1. The molecule has 1 fully saturated rings. The maximum absolute atomic E-state index is 12.4. The van der Waals surface area contributed by atoms with E-state index in [1.54, 1.807) is 30.5 Å². The van der Waals surface area contributed by atoms with Gasteiger partial charge in [0.15, 0.2) is 0 Å². The van der Waals surface area contributed by atoms with Gasteiger partial charge in [0.2, 0.25) is 11.7 Å². The Bertz CT molecular complexity index is 997. The predicted octanol–water partition coefficient (Wildman–Crippen LogP) is 2.05. The molecule has 148 valence electrons. The van der Waals surface area contributed by atoms with E-state index in [-0.39, 0.29) is 24.4 Å². The third-order valence-corrected chi connectivity index (χ3v) is 4.80. The Morgan fingerprint density at radius 2 is 1.93 bits per heavy atom. The van der Waals surface area contributed by atoms with Crippen molar-refractivity contribution in [3.63, 3.8) is 0 Å². The minimum absolute atomic E-state index is 0.00765. The molecule has 4 rings (SSSR count). The van der Waals surface area contributed by atoms with Crippen LogP contribution in [0.4, 0.5) is 5.69 Å². The van der Waals surface area contributed by atoms with Crippen LogP contribution in [0.3, 0.4) is 0 Å². The maximum Gasteiger partial charge on any atom is 0.257 e. The molecule has 0 saturated heterocycles. The van der Waals surface area contributed by atoms with Crippen LogP contribution in [-0.2, 0) is 11.3 Å². The first-order valence-electron chi connectivity index (χ1n) is 9.57. The summed E-state index contributed by atoms with van der Waals surface area (Å²) < 4.78 is 0. The summed E-state index contributed by atoms with van der Waals surface area (Å²) in [5, 5.41) is 18.2. The Hall–Kier alpha value is -3.62. The summed E-state index contributed by atoms with van der Waals surface area (Å²) in [7, 11) is 0. The third kappa shape index (κ3) is 4.63. The molecule has 9 nitrogen and oxygen atoms in total. The molecule has 2 amide bonds. The standard InChI is InChI=1S/C20H21N7O2/c28-18(22-15-7-1-2-8-15)13-27-25-19(24-26-27)16-9-3-4-10-17(16)23-20(29)14-6-5-11-21-12-14/h3-6,9-12,15H,1-2,7-8,13H2,(H,22,28)(H,23,29). The Labute approximate surface area is 167 Å². The van der Waals surface area contributed by atoms with Gasteiger partial charge in [-0.3, -0.25) is 14.6 Å². The highest BCUT2D eigenvalue weighted by Gasteiger charge is 2.19. The number of tetrazole rings is 1. The van der Waals surface area contributed by atoms with Gasteiger partial charge in [-0.25, -0.2) is 0 Å². The largest absolute Gasteiger partial charge is 0.352 e. The summed E-state index contributed by atoms with van der Waals surface area (Å²) >= 11 is 0. The first kappa shape index (κ1) is 18.7. The summed E-state index contributed by atoms with van der Waals surface area (Å²) in [6.07, 6.45) is 7.44. The minimum Gasteiger partial charge on any atom is -0.352 e. The molecule has 1 aromatic carbocycles. The number of aromatic nitrogens is 5. The fraction of sp³-hybridized carbons (Fsp3) is 0.300. The molecule has 9 heteroatoms. The van der Waals surface area contributed by atoms with E-state index in [4.69, 9.17) is 0 Å². The van der Waals surface area contributed by atoms with Crippen LogP contribution in [0.15, 0.2) is 48.8 Å². The molecule has 0 bridgehead atoms. The molecule has 0 radical (unpaired) electrons. The van der Waals surface area contributed by atoms with Gasteiger partial charge in [-0.2, -0.15) is 4.80 Å². The Balaban J connectivity index is 1.46. The topological polar surface area (TPSA) is 115 Å².